The van der Waals surface area contributed by atoms with Crippen molar-refractivity contribution in [2.45, 2.75) is 19.8 Å². The number of carbonyl (C=O) groups is 3. The summed E-state index contributed by atoms with van der Waals surface area (Å²) in [6.07, 6.45) is 3.60. The topological polar surface area (TPSA) is 111 Å². The molecule has 0 saturated heterocycles. The fourth-order valence-corrected chi connectivity index (χ4v) is 4.10. The second-order valence-corrected chi connectivity index (χ2v) is 7.91. The molecule has 4 rings (SSSR count). The number of hydrogen-bond donors (Lipinski definition) is 2. The molecule has 2 aromatic carbocycles. The molecule has 7 nitrogen and oxygen atoms in total. The molecule has 0 saturated carbocycles. The molecule has 7 heteroatoms. The molecule has 32 heavy (non-hydrogen) atoms. The average Bonchev–Trinajstić information content (AvgIpc) is 2.76. The normalized spacial score (nSPS) is 16.4. The Kier molecular flexibility index (Phi) is 5.98. The fourth-order valence-electron chi connectivity index (χ4n) is 4.10. The van der Waals surface area contributed by atoms with Crippen LogP contribution in [-0.4, -0.2) is 29.5 Å². The first-order valence-electron chi connectivity index (χ1n) is 10.4. The number of carbonyl (C=O) groups excluding carboxylic acids is 3. The van der Waals surface area contributed by atoms with Gasteiger partial charge in [-0.25, -0.2) is 14.6 Å². The van der Waals surface area contributed by atoms with E-state index in [0.29, 0.717) is 28.8 Å². The molecule has 0 radical (unpaired) electrons. The molecule has 0 bridgehead atoms. The number of nitrogens with one attached hydrogen (secondary N) is 1. The third-order valence-electron chi connectivity index (χ3n) is 5.36. The standard InChI is InChI=1S/C25H23N3O4/c1-15-11-17(13-16-7-3-2-4-8-16)23-19(12-15)22(18-9-5-6-10-20(18)27-23)24(30)32-14-21(29)28-25(26)31/h2-10,13,15H,11-12,14H2,1H3,(H3,26,28,29,31)/b17-13+. The van der Waals surface area contributed by atoms with Crippen LogP contribution in [0.3, 0.4) is 0 Å². The van der Waals surface area contributed by atoms with E-state index in [-0.39, 0.29) is 0 Å². The minimum atomic E-state index is -0.998. The molecule has 1 aromatic heterocycles. The maximum atomic E-state index is 13.1. The Morgan fingerprint density at radius 2 is 1.81 bits per heavy atom. The number of esters is 1. The number of primary amides is 1. The first-order valence-corrected chi connectivity index (χ1v) is 10.4. The first kappa shape index (κ1) is 21.2. The summed E-state index contributed by atoms with van der Waals surface area (Å²) in [7, 11) is 0. The zero-order chi connectivity index (χ0) is 22.7. The predicted octanol–water partition coefficient (Wildman–Crippen LogP) is 3.71. The summed E-state index contributed by atoms with van der Waals surface area (Å²) < 4.78 is 5.25. The Labute approximate surface area is 185 Å². The zero-order valence-corrected chi connectivity index (χ0v) is 17.6. The second kappa shape index (κ2) is 9.01. The lowest BCUT2D eigenvalue weighted by molar-refractivity contribution is -0.123. The van der Waals surface area contributed by atoms with Crippen molar-refractivity contribution in [3.05, 3.63) is 77.0 Å². The van der Waals surface area contributed by atoms with E-state index in [0.717, 1.165) is 28.8 Å². The van der Waals surface area contributed by atoms with E-state index in [4.69, 9.17) is 15.5 Å². The number of nitrogens with zero attached hydrogens (tertiary/aromatic N) is 1. The lowest BCUT2D eigenvalue weighted by Gasteiger charge is -2.26. The molecular weight excluding hydrogens is 406 g/mol. The van der Waals surface area contributed by atoms with E-state index >= 15 is 0 Å². The average molecular weight is 429 g/mol. The molecule has 3 aromatic rings. The number of rotatable bonds is 4. The van der Waals surface area contributed by atoms with Gasteiger partial charge in [0.2, 0.25) is 0 Å². The van der Waals surface area contributed by atoms with Crippen molar-refractivity contribution < 1.29 is 19.1 Å². The van der Waals surface area contributed by atoms with Gasteiger partial charge < -0.3 is 10.5 Å². The van der Waals surface area contributed by atoms with Crippen molar-refractivity contribution >= 4 is 40.5 Å². The van der Waals surface area contributed by atoms with Crippen molar-refractivity contribution in [2.75, 3.05) is 6.61 Å². The Morgan fingerprint density at radius 3 is 2.56 bits per heavy atom. The molecule has 0 spiro atoms. The van der Waals surface area contributed by atoms with Crippen LogP contribution in [0.5, 0.6) is 0 Å². The van der Waals surface area contributed by atoms with Crippen LogP contribution in [0.1, 0.15) is 40.5 Å². The quantitative estimate of drug-likeness (QED) is 0.614. The molecule has 3 amide bonds. The Morgan fingerprint density at radius 1 is 1.09 bits per heavy atom. The van der Waals surface area contributed by atoms with Crippen LogP contribution in [0.15, 0.2) is 54.6 Å². The van der Waals surface area contributed by atoms with Crippen molar-refractivity contribution in [3.8, 4) is 0 Å². The van der Waals surface area contributed by atoms with Gasteiger partial charge >= 0.3 is 12.0 Å². The monoisotopic (exact) mass is 429 g/mol. The molecule has 1 aliphatic carbocycles. The third kappa shape index (κ3) is 4.51. The van der Waals surface area contributed by atoms with Gasteiger partial charge in [0.05, 0.1) is 16.8 Å². The molecule has 1 unspecified atom stereocenters. The summed E-state index contributed by atoms with van der Waals surface area (Å²) in [6, 6.07) is 16.4. The largest absolute Gasteiger partial charge is 0.452 e. The molecule has 1 heterocycles. The molecular formula is C25H23N3O4. The van der Waals surface area contributed by atoms with Crippen LogP contribution < -0.4 is 11.1 Å². The summed E-state index contributed by atoms with van der Waals surface area (Å²) in [4.78, 5) is 40.6. The van der Waals surface area contributed by atoms with Crippen molar-refractivity contribution in [3.63, 3.8) is 0 Å². The van der Waals surface area contributed by atoms with E-state index in [1.807, 2.05) is 59.9 Å². The van der Waals surface area contributed by atoms with Crippen molar-refractivity contribution in [1.29, 1.82) is 0 Å². The van der Waals surface area contributed by atoms with Gasteiger partial charge in [0.25, 0.3) is 5.91 Å². The lowest BCUT2D eigenvalue weighted by atomic mass is 9.80. The number of benzene rings is 2. The van der Waals surface area contributed by atoms with Crippen LogP contribution >= 0.6 is 0 Å². The maximum absolute atomic E-state index is 13.1. The van der Waals surface area contributed by atoms with Gasteiger partial charge in [0.15, 0.2) is 6.61 Å². The summed E-state index contributed by atoms with van der Waals surface area (Å²) in [5.74, 6) is -1.12. The SMILES string of the molecule is CC1C/C(=C\c2ccccc2)c2nc3ccccc3c(C(=O)OCC(=O)NC(N)=O)c2C1. The number of para-hydroxylation sites is 1. The smallest absolute Gasteiger partial charge is 0.339 e. The molecule has 162 valence electrons. The number of nitrogens with two attached hydrogens (primary N) is 1. The number of urea groups is 1. The van der Waals surface area contributed by atoms with Gasteiger partial charge in [-0.3, -0.25) is 10.1 Å². The number of ether oxygens (including phenoxy) is 1. The van der Waals surface area contributed by atoms with Crippen LogP contribution in [0.25, 0.3) is 22.6 Å². The minimum absolute atomic E-state index is 0.296. The van der Waals surface area contributed by atoms with Gasteiger partial charge in [0.1, 0.15) is 0 Å². The molecule has 1 aliphatic rings. The molecule has 0 aliphatic heterocycles. The summed E-state index contributed by atoms with van der Waals surface area (Å²) in [6.45, 7) is 1.53. The van der Waals surface area contributed by atoms with Gasteiger partial charge in [-0.05, 0) is 47.6 Å². The number of aromatic nitrogens is 1. The summed E-state index contributed by atoms with van der Waals surface area (Å²) >= 11 is 0. The molecule has 0 fully saturated rings. The molecule has 3 N–H and O–H groups in total. The highest BCUT2D eigenvalue weighted by Crippen LogP contribution is 2.38. The van der Waals surface area contributed by atoms with E-state index in [1.165, 1.54) is 0 Å². The lowest BCUT2D eigenvalue weighted by Crippen LogP contribution is -2.37. The maximum Gasteiger partial charge on any atom is 0.339 e. The number of hydrogen-bond acceptors (Lipinski definition) is 5. The van der Waals surface area contributed by atoms with Gasteiger partial charge in [-0.1, -0.05) is 55.5 Å². The fraction of sp³-hybridized carbons (Fsp3) is 0.200. The Bertz CT molecular complexity index is 1230. The Balaban J connectivity index is 1.80. The van der Waals surface area contributed by atoms with Gasteiger partial charge in [-0.15, -0.1) is 0 Å². The molecule has 1 atom stereocenters. The highest BCUT2D eigenvalue weighted by Gasteiger charge is 2.29. The first-order chi connectivity index (χ1) is 15.4. The predicted molar refractivity (Wildman–Crippen MR) is 122 cm³/mol. The number of imide groups is 1. The van der Waals surface area contributed by atoms with Crippen LogP contribution in [0, 0.1) is 5.92 Å². The highest BCUT2D eigenvalue weighted by molar-refractivity contribution is 6.07. The zero-order valence-electron chi connectivity index (χ0n) is 17.6. The van der Waals surface area contributed by atoms with Gasteiger partial charge in [-0.2, -0.15) is 0 Å². The number of allylic oxidation sites excluding steroid dienone is 1. The van der Waals surface area contributed by atoms with Gasteiger partial charge in [0, 0.05) is 5.39 Å². The number of amides is 3. The minimum Gasteiger partial charge on any atom is -0.452 e. The van der Waals surface area contributed by atoms with Crippen LogP contribution in [-0.2, 0) is 16.0 Å². The highest BCUT2D eigenvalue weighted by atomic mass is 16.5. The van der Waals surface area contributed by atoms with E-state index in [9.17, 15) is 14.4 Å². The van der Waals surface area contributed by atoms with Crippen molar-refractivity contribution in [2.24, 2.45) is 11.7 Å². The van der Waals surface area contributed by atoms with E-state index in [1.54, 1.807) is 0 Å². The third-order valence-corrected chi connectivity index (χ3v) is 5.36. The number of fused-ring (bicyclic) bond motifs is 2. The van der Waals surface area contributed by atoms with Crippen molar-refractivity contribution in [1.82, 2.24) is 10.3 Å². The van der Waals surface area contributed by atoms with E-state index in [2.05, 4.69) is 13.0 Å². The Hall–Kier alpha value is -4.00. The summed E-state index contributed by atoms with van der Waals surface area (Å²) in [5.41, 5.74) is 9.72. The van der Waals surface area contributed by atoms with Crippen LogP contribution in [0.2, 0.25) is 0 Å². The second-order valence-electron chi connectivity index (χ2n) is 7.91. The van der Waals surface area contributed by atoms with E-state index < -0.39 is 24.5 Å². The summed E-state index contributed by atoms with van der Waals surface area (Å²) in [5, 5.41) is 2.56. The van der Waals surface area contributed by atoms with Crippen LogP contribution in [0.4, 0.5) is 4.79 Å². The number of pyridine rings is 1.